The van der Waals surface area contributed by atoms with Crippen molar-refractivity contribution in [3.05, 3.63) is 76.0 Å². The molecule has 0 bridgehead atoms. The highest BCUT2D eigenvalue weighted by Crippen LogP contribution is 2.42. The summed E-state index contributed by atoms with van der Waals surface area (Å²) in [5, 5.41) is 18.0. The first kappa shape index (κ1) is 31.5. The predicted octanol–water partition coefficient (Wildman–Crippen LogP) is 3.82. The number of nitrogens with zero attached hydrogens (tertiary/aromatic N) is 4. The third-order valence-corrected chi connectivity index (χ3v) is 5.64. The minimum Gasteiger partial charge on any atom is -0.466 e. The Hall–Kier alpha value is -4.70. The van der Waals surface area contributed by atoms with E-state index in [9.17, 15) is 32.8 Å². The van der Waals surface area contributed by atoms with Crippen molar-refractivity contribution in [1.29, 1.82) is 10.7 Å². The van der Waals surface area contributed by atoms with Gasteiger partial charge in [-0.15, -0.1) is 0 Å². The van der Waals surface area contributed by atoms with E-state index < -0.39 is 35.7 Å². The molecule has 3 rings (SSSR count). The van der Waals surface area contributed by atoms with Crippen molar-refractivity contribution in [3.8, 4) is 6.07 Å². The van der Waals surface area contributed by atoms with Crippen LogP contribution in [0, 0.1) is 16.7 Å². The van der Waals surface area contributed by atoms with Gasteiger partial charge in [-0.05, 0) is 69.5 Å². The monoisotopic (exact) mass is 558 g/mol. The van der Waals surface area contributed by atoms with Gasteiger partial charge in [0.05, 0.1) is 29.9 Å². The highest BCUT2D eigenvalue weighted by Gasteiger charge is 2.44. The van der Waals surface area contributed by atoms with Gasteiger partial charge in [-0.1, -0.05) is 12.1 Å². The Bertz CT molecular complexity index is 1380. The zero-order valence-corrected chi connectivity index (χ0v) is 22.5. The van der Waals surface area contributed by atoms with Gasteiger partial charge >= 0.3 is 18.2 Å². The maximum Gasteiger partial charge on any atom is 0.416 e. The van der Waals surface area contributed by atoms with Crippen LogP contribution < -0.4 is 10.6 Å². The molecule has 40 heavy (non-hydrogen) atoms. The van der Waals surface area contributed by atoms with Crippen molar-refractivity contribution in [2.75, 3.05) is 33.2 Å². The van der Waals surface area contributed by atoms with Crippen LogP contribution in [0.25, 0.3) is 0 Å². The molecule has 1 heterocycles. The zero-order valence-electron chi connectivity index (χ0n) is 22.5. The Labute approximate surface area is 229 Å². The van der Waals surface area contributed by atoms with Crippen molar-refractivity contribution in [3.63, 3.8) is 0 Å². The van der Waals surface area contributed by atoms with E-state index in [0.717, 1.165) is 35.1 Å². The summed E-state index contributed by atoms with van der Waals surface area (Å²) in [7, 11) is 7.08. The van der Waals surface area contributed by atoms with Crippen LogP contribution in [0.4, 0.5) is 23.7 Å². The Balaban J connectivity index is 0.00000131. The molecule has 0 spiro atoms. The topological polar surface area (TPSA) is 144 Å². The van der Waals surface area contributed by atoms with E-state index in [4.69, 9.17) is 15.9 Å². The lowest BCUT2D eigenvalue weighted by atomic mass is 9.88. The van der Waals surface area contributed by atoms with E-state index in [-0.39, 0.29) is 40.1 Å². The number of hydrogen-bond donors (Lipinski definition) is 2. The number of rotatable bonds is 5. The number of methoxy groups -OCH3 is 1. The number of alkyl halides is 3. The lowest BCUT2D eigenvalue weighted by molar-refractivity contribution is -0.138. The van der Waals surface area contributed by atoms with E-state index >= 15 is 0 Å². The summed E-state index contributed by atoms with van der Waals surface area (Å²) in [5.74, 6) is -1.56. The summed E-state index contributed by atoms with van der Waals surface area (Å²) >= 11 is 0. The second-order valence-electron chi connectivity index (χ2n) is 9.05. The first-order valence-corrected chi connectivity index (χ1v) is 11.7. The average molecular weight is 559 g/mol. The lowest BCUT2D eigenvalue weighted by Crippen LogP contribution is -2.55. The van der Waals surface area contributed by atoms with Crippen LogP contribution in [0.1, 0.15) is 35.2 Å². The predicted molar refractivity (Wildman–Crippen MR) is 141 cm³/mol. The van der Waals surface area contributed by atoms with Crippen LogP contribution in [-0.2, 0) is 26.9 Å². The van der Waals surface area contributed by atoms with Gasteiger partial charge in [-0.2, -0.15) is 18.4 Å². The number of benzene rings is 2. The fraction of sp³-hybridized carbons (Fsp3) is 0.296. The summed E-state index contributed by atoms with van der Waals surface area (Å²) in [4.78, 5) is 40.6. The Kier molecular flexibility index (Phi) is 10.2. The number of nitriles is 1. The normalized spacial score (nSPS) is 15.3. The van der Waals surface area contributed by atoms with E-state index in [1.807, 2.05) is 32.1 Å². The molecule has 10 nitrogen and oxygen atoms in total. The first-order chi connectivity index (χ1) is 18.7. The zero-order chi connectivity index (χ0) is 30.4. The standard InChI is InChI=1S/C24H20F3N5O4.C3H9N/c1-13-19(21(34)36-2)20(18-7-6-14(12-28)10-15(18)8-9-33)32(23(30)35)22(29)31(13)17-5-3-4-16(11-17)24(25,26)27;1-4(2)3/h3-7,9-11,20,29H,8H2,1-2H3,(H2,30,35);1-3H3/t20-;/m1./s1. The third-order valence-electron chi connectivity index (χ3n) is 5.64. The number of esters is 1. The van der Waals surface area contributed by atoms with E-state index in [1.54, 1.807) is 0 Å². The molecule has 1 atom stereocenters. The summed E-state index contributed by atoms with van der Waals surface area (Å²) in [6.07, 6.45) is -4.31. The molecule has 0 aliphatic carbocycles. The largest absolute Gasteiger partial charge is 0.466 e. The van der Waals surface area contributed by atoms with Gasteiger partial charge in [0.15, 0.2) is 0 Å². The van der Waals surface area contributed by atoms with Gasteiger partial charge < -0.3 is 20.2 Å². The van der Waals surface area contributed by atoms with E-state index in [0.29, 0.717) is 6.29 Å². The average Bonchev–Trinajstić information content (AvgIpc) is 2.87. The number of ether oxygens (including phenoxy) is 1. The Morgan fingerprint density at radius 2 is 1.82 bits per heavy atom. The van der Waals surface area contributed by atoms with Gasteiger partial charge in [0, 0.05) is 17.8 Å². The molecule has 2 aromatic rings. The SMILES string of the molecule is CN(C)C.COC(=O)C1=C(C)N(c2cccc(C(F)(F)F)c2)C(=N)N(C(N)=O)[C@@H]1c1ccc(C#N)cc1CC=O. The van der Waals surface area contributed by atoms with Crippen LogP contribution in [0.2, 0.25) is 0 Å². The number of nitrogens with two attached hydrogens (primary N) is 1. The van der Waals surface area contributed by atoms with Crippen LogP contribution >= 0.6 is 0 Å². The number of urea groups is 1. The quantitative estimate of drug-likeness (QED) is 0.419. The van der Waals surface area contributed by atoms with Crippen LogP contribution in [0.15, 0.2) is 53.7 Å². The number of aldehydes is 1. The Morgan fingerprint density at radius 1 is 1.20 bits per heavy atom. The molecule has 1 aliphatic rings. The number of halogens is 3. The molecule has 2 aromatic carbocycles. The minimum atomic E-state index is -4.69. The second kappa shape index (κ2) is 12.9. The fourth-order valence-electron chi connectivity index (χ4n) is 4.08. The molecular weight excluding hydrogens is 529 g/mol. The minimum absolute atomic E-state index is 0.00934. The van der Waals surface area contributed by atoms with Crippen molar-refractivity contribution in [2.45, 2.75) is 25.6 Å². The number of allylic oxidation sites excluding steroid dienone is 1. The summed E-state index contributed by atoms with van der Waals surface area (Å²) < 4.78 is 45.0. The highest BCUT2D eigenvalue weighted by atomic mass is 19.4. The first-order valence-electron chi connectivity index (χ1n) is 11.7. The molecule has 0 saturated carbocycles. The van der Waals surface area contributed by atoms with E-state index in [2.05, 4.69) is 0 Å². The van der Waals surface area contributed by atoms with Crippen LogP contribution in [0.5, 0.6) is 0 Å². The molecule has 13 heteroatoms. The summed E-state index contributed by atoms with van der Waals surface area (Å²) in [6, 6.07) is 7.62. The number of guanidine groups is 1. The molecule has 0 radical (unpaired) electrons. The molecule has 2 amide bonds. The number of carbonyl (C=O) groups is 3. The molecule has 0 saturated heterocycles. The molecule has 1 aliphatic heterocycles. The van der Waals surface area contributed by atoms with Gasteiger partial charge in [-0.3, -0.25) is 15.2 Å². The molecule has 0 unspecified atom stereocenters. The van der Waals surface area contributed by atoms with Crippen molar-refractivity contribution < 1.29 is 32.3 Å². The molecule has 0 aromatic heterocycles. The third kappa shape index (κ3) is 6.83. The van der Waals surface area contributed by atoms with Crippen molar-refractivity contribution in [1.82, 2.24) is 9.80 Å². The number of anilines is 1. The second-order valence-corrected chi connectivity index (χ2v) is 9.05. The van der Waals surface area contributed by atoms with Gasteiger partial charge in [0.25, 0.3) is 0 Å². The molecular formula is C27H29F3N6O4. The summed E-state index contributed by atoms with van der Waals surface area (Å²) in [5.41, 5.74) is 4.97. The van der Waals surface area contributed by atoms with Gasteiger partial charge in [0.2, 0.25) is 5.96 Å². The fourth-order valence-corrected chi connectivity index (χ4v) is 4.08. The molecule has 212 valence electrons. The maximum atomic E-state index is 13.4. The number of hydrogen-bond acceptors (Lipinski definition) is 7. The van der Waals surface area contributed by atoms with Crippen molar-refractivity contribution in [2.24, 2.45) is 5.73 Å². The van der Waals surface area contributed by atoms with Crippen LogP contribution in [-0.4, -0.2) is 62.3 Å². The van der Waals surface area contributed by atoms with E-state index in [1.165, 1.54) is 31.2 Å². The maximum absolute atomic E-state index is 13.4. The number of primary amides is 1. The van der Waals surface area contributed by atoms with Crippen molar-refractivity contribution >= 4 is 29.9 Å². The lowest BCUT2D eigenvalue weighted by Gasteiger charge is -2.43. The molecule has 3 N–H and O–H groups in total. The van der Waals surface area contributed by atoms with Crippen LogP contribution in [0.3, 0.4) is 0 Å². The summed E-state index contributed by atoms with van der Waals surface area (Å²) in [6.45, 7) is 1.38. The Morgan fingerprint density at radius 3 is 2.33 bits per heavy atom. The number of carbonyl (C=O) groups excluding carboxylic acids is 3. The van der Waals surface area contributed by atoms with Gasteiger partial charge in [-0.25, -0.2) is 9.59 Å². The smallest absolute Gasteiger partial charge is 0.416 e. The number of nitrogens with one attached hydrogen (secondary N) is 1. The highest BCUT2D eigenvalue weighted by molar-refractivity contribution is 6.10. The number of amides is 2. The molecule has 0 fully saturated rings. The van der Waals surface area contributed by atoms with Gasteiger partial charge in [0.1, 0.15) is 12.3 Å².